The Kier molecular flexibility index (Phi) is 4.67. The summed E-state index contributed by atoms with van der Waals surface area (Å²) in [5, 5.41) is 4.96. The summed E-state index contributed by atoms with van der Waals surface area (Å²) in [6.45, 7) is 2.45. The first-order chi connectivity index (χ1) is 10.3. The van der Waals surface area contributed by atoms with Crippen molar-refractivity contribution in [2.45, 2.75) is 71.1 Å². The second-order valence-electron chi connectivity index (χ2n) is 7.09. The highest BCUT2D eigenvalue weighted by Crippen LogP contribution is 2.43. The van der Waals surface area contributed by atoms with Crippen molar-refractivity contribution in [3.05, 3.63) is 35.5 Å². The predicted molar refractivity (Wildman–Crippen MR) is 90.5 cm³/mol. The molecule has 3 rings (SSSR count). The van der Waals surface area contributed by atoms with Crippen molar-refractivity contribution >= 4 is 11.8 Å². The molecule has 1 aromatic carbocycles. The molecule has 0 atom stereocenters. The maximum atomic E-state index is 4.96. The lowest BCUT2D eigenvalue weighted by Crippen LogP contribution is -2.22. The molecule has 1 aliphatic heterocycles. The molecule has 21 heavy (non-hydrogen) atoms. The summed E-state index contributed by atoms with van der Waals surface area (Å²) < 4.78 is 0. The Morgan fingerprint density at radius 1 is 0.810 bits per heavy atom. The van der Waals surface area contributed by atoms with E-state index in [-0.39, 0.29) is 5.41 Å². The third-order valence-electron chi connectivity index (χ3n) is 5.30. The van der Waals surface area contributed by atoms with Crippen molar-refractivity contribution in [1.82, 2.24) is 5.32 Å². The molecular formula is C20H28N. The monoisotopic (exact) mass is 282 g/mol. The third kappa shape index (κ3) is 3.51. The summed E-state index contributed by atoms with van der Waals surface area (Å²) in [4.78, 5) is 0. The van der Waals surface area contributed by atoms with Crippen LogP contribution < -0.4 is 5.32 Å². The van der Waals surface area contributed by atoms with Gasteiger partial charge in [0.1, 0.15) is 0 Å². The van der Waals surface area contributed by atoms with Crippen molar-refractivity contribution < 1.29 is 0 Å². The zero-order chi connectivity index (χ0) is 14.5. The van der Waals surface area contributed by atoms with E-state index >= 15 is 0 Å². The fraction of sp³-hybridized carbons (Fsp3) is 0.600. The van der Waals surface area contributed by atoms with Crippen LogP contribution in [0.1, 0.15) is 76.7 Å². The number of rotatable bonds is 1. The molecule has 0 saturated heterocycles. The van der Waals surface area contributed by atoms with Crippen molar-refractivity contribution in [1.29, 1.82) is 0 Å². The molecule has 0 amide bonds. The molecule has 1 heterocycles. The van der Waals surface area contributed by atoms with Crippen molar-refractivity contribution in [3.8, 4) is 0 Å². The summed E-state index contributed by atoms with van der Waals surface area (Å²) in [6, 6.07) is 8.56. The highest BCUT2D eigenvalue weighted by Gasteiger charge is 2.32. The van der Waals surface area contributed by atoms with Crippen LogP contribution in [0.4, 0.5) is 5.69 Å². The molecule has 1 nitrogen and oxygen atoms in total. The Bertz CT molecular complexity index is 488. The molecule has 1 fully saturated rings. The maximum Gasteiger partial charge on any atom is 0.0706 e. The number of allylic oxidation sites excluding steroid dienone is 1. The molecule has 113 valence electrons. The lowest BCUT2D eigenvalue weighted by molar-refractivity contribution is 0.303. The largest absolute Gasteiger partial charge is 0.252 e. The van der Waals surface area contributed by atoms with E-state index in [2.05, 4.69) is 37.3 Å². The highest BCUT2D eigenvalue weighted by atomic mass is 14.9. The van der Waals surface area contributed by atoms with Gasteiger partial charge in [0.05, 0.1) is 5.69 Å². The van der Waals surface area contributed by atoms with Crippen LogP contribution in [0.5, 0.6) is 0 Å². The molecule has 1 aromatic rings. The van der Waals surface area contributed by atoms with Crippen LogP contribution in [-0.4, -0.2) is 0 Å². The molecule has 1 radical (unpaired) electrons. The standard InChI is InChI=1S/C20H28N/c1-20(14-10-6-4-2-3-5-7-11-15-20)19-16-17-12-8-9-13-18(17)21-19/h8-9,12-13,16H,2-7,10-11,14-15H2,1H3. The van der Waals surface area contributed by atoms with Gasteiger partial charge in [0.25, 0.3) is 0 Å². The van der Waals surface area contributed by atoms with Gasteiger partial charge in [-0.15, -0.1) is 0 Å². The molecular weight excluding hydrogens is 254 g/mol. The Labute approximate surface area is 129 Å². The molecule has 0 N–H and O–H groups in total. The van der Waals surface area contributed by atoms with Crippen molar-refractivity contribution in [2.75, 3.05) is 0 Å². The van der Waals surface area contributed by atoms with E-state index in [0.717, 1.165) is 0 Å². The molecule has 0 spiro atoms. The van der Waals surface area contributed by atoms with Gasteiger partial charge >= 0.3 is 0 Å². The summed E-state index contributed by atoms with van der Waals surface area (Å²) in [5.74, 6) is 0. The van der Waals surface area contributed by atoms with E-state index in [1.54, 1.807) is 0 Å². The average molecular weight is 282 g/mol. The van der Waals surface area contributed by atoms with Gasteiger partial charge in [-0.05, 0) is 25.0 Å². The number of para-hydroxylation sites is 1. The lowest BCUT2D eigenvalue weighted by atomic mass is 9.77. The van der Waals surface area contributed by atoms with E-state index in [9.17, 15) is 0 Å². The lowest BCUT2D eigenvalue weighted by Gasteiger charge is -2.30. The Morgan fingerprint density at radius 2 is 1.38 bits per heavy atom. The molecule has 2 aliphatic rings. The van der Waals surface area contributed by atoms with E-state index in [0.29, 0.717) is 0 Å². The van der Waals surface area contributed by atoms with Crippen LogP contribution in [-0.2, 0) is 0 Å². The summed E-state index contributed by atoms with van der Waals surface area (Å²) in [6.07, 6.45) is 16.2. The number of nitrogens with zero attached hydrogens (tertiary/aromatic N) is 1. The van der Waals surface area contributed by atoms with Gasteiger partial charge in [-0.1, -0.05) is 76.5 Å². The second-order valence-corrected chi connectivity index (χ2v) is 7.09. The smallest absolute Gasteiger partial charge is 0.0706 e. The van der Waals surface area contributed by atoms with Crippen molar-refractivity contribution in [3.63, 3.8) is 0 Å². The zero-order valence-electron chi connectivity index (χ0n) is 13.4. The van der Waals surface area contributed by atoms with E-state index in [1.807, 2.05) is 0 Å². The van der Waals surface area contributed by atoms with Crippen LogP contribution >= 0.6 is 0 Å². The SMILES string of the molecule is CC1(C2=Cc3ccccc3[N]2)CCCCCCCCCC1. The van der Waals surface area contributed by atoms with Gasteiger partial charge in [-0.25, -0.2) is 0 Å². The predicted octanol–water partition coefficient (Wildman–Crippen LogP) is 6.20. The van der Waals surface area contributed by atoms with Gasteiger partial charge in [0.2, 0.25) is 0 Å². The number of fused-ring (bicyclic) bond motifs is 1. The van der Waals surface area contributed by atoms with Crippen molar-refractivity contribution in [2.24, 2.45) is 5.41 Å². The van der Waals surface area contributed by atoms with Gasteiger partial charge in [-0.2, -0.15) is 0 Å². The zero-order valence-corrected chi connectivity index (χ0v) is 13.4. The summed E-state index contributed by atoms with van der Waals surface area (Å²) >= 11 is 0. The maximum absolute atomic E-state index is 4.96. The average Bonchev–Trinajstić information content (AvgIpc) is 2.91. The molecule has 0 aromatic heterocycles. The molecule has 1 aliphatic carbocycles. The molecule has 1 saturated carbocycles. The topological polar surface area (TPSA) is 14.1 Å². The van der Waals surface area contributed by atoms with Gasteiger partial charge in [-0.3, -0.25) is 5.32 Å². The quantitative estimate of drug-likeness (QED) is 0.582. The number of hydrogen-bond acceptors (Lipinski definition) is 0. The van der Waals surface area contributed by atoms with E-state index in [4.69, 9.17) is 5.32 Å². The number of hydrogen-bond donors (Lipinski definition) is 0. The third-order valence-corrected chi connectivity index (χ3v) is 5.30. The Morgan fingerprint density at radius 3 is 2.00 bits per heavy atom. The molecule has 1 heteroatoms. The minimum Gasteiger partial charge on any atom is -0.252 e. The normalized spacial score (nSPS) is 22.6. The first-order valence-electron chi connectivity index (χ1n) is 8.81. The molecule has 0 unspecified atom stereocenters. The van der Waals surface area contributed by atoms with Gasteiger partial charge in [0, 0.05) is 16.7 Å². The van der Waals surface area contributed by atoms with Crippen LogP contribution in [0.15, 0.2) is 30.0 Å². The Balaban J connectivity index is 1.74. The fourth-order valence-corrected chi connectivity index (χ4v) is 3.80. The van der Waals surface area contributed by atoms with Crippen LogP contribution in [0.2, 0.25) is 0 Å². The first-order valence-corrected chi connectivity index (χ1v) is 8.81. The number of benzene rings is 1. The Hall–Kier alpha value is -1.24. The highest BCUT2D eigenvalue weighted by molar-refractivity contribution is 5.72. The van der Waals surface area contributed by atoms with Crippen LogP contribution in [0.25, 0.3) is 6.08 Å². The van der Waals surface area contributed by atoms with E-state index < -0.39 is 0 Å². The molecule has 0 bridgehead atoms. The van der Waals surface area contributed by atoms with Gasteiger partial charge in [0.15, 0.2) is 0 Å². The van der Waals surface area contributed by atoms with Crippen LogP contribution in [0.3, 0.4) is 0 Å². The summed E-state index contributed by atoms with van der Waals surface area (Å²) in [5.41, 5.74) is 4.10. The minimum absolute atomic E-state index is 0.281. The first kappa shape index (κ1) is 14.7. The van der Waals surface area contributed by atoms with Gasteiger partial charge < -0.3 is 0 Å². The minimum atomic E-state index is 0.281. The fourth-order valence-electron chi connectivity index (χ4n) is 3.80. The van der Waals surface area contributed by atoms with E-state index in [1.165, 1.54) is 81.2 Å². The van der Waals surface area contributed by atoms with Crippen LogP contribution in [0, 0.1) is 5.41 Å². The second kappa shape index (κ2) is 6.68. The summed E-state index contributed by atoms with van der Waals surface area (Å²) in [7, 11) is 0.